The van der Waals surface area contributed by atoms with E-state index in [2.05, 4.69) is 33.1 Å². The van der Waals surface area contributed by atoms with Crippen molar-refractivity contribution in [3.63, 3.8) is 0 Å². The van der Waals surface area contributed by atoms with E-state index in [0.29, 0.717) is 11.0 Å². The molecule has 21 heavy (non-hydrogen) atoms. The standard InChI is InChI=1S/C13H15N5OS2/c1-9-15-16-13(18(9)17-12(20)14-10(2)19)21-8-11-6-4-3-5-7-11/h3-7H,8H2,1-2H3,(H2,14,17,19,20). The second-order valence-electron chi connectivity index (χ2n) is 4.26. The van der Waals surface area contributed by atoms with Gasteiger partial charge in [0.1, 0.15) is 5.82 Å². The molecule has 2 aromatic rings. The lowest BCUT2D eigenvalue weighted by atomic mass is 10.2. The van der Waals surface area contributed by atoms with Crippen molar-refractivity contribution in [3.05, 3.63) is 41.7 Å². The van der Waals surface area contributed by atoms with E-state index >= 15 is 0 Å². The van der Waals surface area contributed by atoms with Crippen LogP contribution in [0.4, 0.5) is 0 Å². The number of rotatable bonds is 4. The van der Waals surface area contributed by atoms with Gasteiger partial charge >= 0.3 is 0 Å². The van der Waals surface area contributed by atoms with Crippen LogP contribution in [0.3, 0.4) is 0 Å². The molecule has 1 heterocycles. The van der Waals surface area contributed by atoms with E-state index in [9.17, 15) is 4.79 Å². The Morgan fingerprint density at radius 2 is 2.05 bits per heavy atom. The van der Waals surface area contributed by atoms with Gasteiger partial charge < -0.3 is 5.32 Å². The van der Waals surface area contributed by atoms with E-state index in [1.54, 1.807) is 4.68 Å². The van der Waals surface area contributed by atoms with Crippen molar-refractivity contribution in [1.29, 1.82) is 0 Å². The van der Waals surface area contributed by atoms with E-state index in [1.165, 1.54) is 24.2 Å². The molecule has 110 valence electrons. The molecule has 0 radical (unpaired) electrons. The van der Waals surface area contributed by atoms with Crippen molar-refractivity contribution in [3.8, 4) is 0 Å². The lowest BCUT2D eigenvalue weighted by Gasteiger charge is -2.12. The lowest BCUT2D eigenvalue weighted by molar-refractivity contribution is -0.117. The first-order valence-electron chi connectivity index (χ1n) is 6.23. The summed E-state index contributed by atoms with van der Waals surface area (Å²) in [6.45, 7) is 3.21. The smallest absolute Gasteiger partial charge is 0.223 e. The molecule has 1 aromatic carbocycles. The van der Waals surface area contributed by atoms with Crippen LogP contribution in [0.15, 0.2) is 35.5 Å². The third kappa shape index (κ3) is 4.54. The molecule has 0 spiro atoms. The third-order valence-corrected chi connectivity index (χ3v) is 3.70. The molecule has 2 rings (SSSR count). The summed E-state index contributed by atoms with van der Waals surface area (Å²) in [4.78, 5) is 11.0. The quantitative estimate of drug-likeness (QED) is 0.661. The molecule has 0 aliphatic rings. The zero-order valence-electron chi connectivity index (χ0n) is 11.7. The van der Waals surface area contributed by atoms with Gasteiger partial charge in [0.15, 0.2) is 5.11 Å². The minimum Gasteiger partial charge on any atom is -0.302 e. The highest BCUT2D eigenvalue weighted by atomic mass is 32.2. The van der Waals surface area contributed by atoms with Crippen molar-refractivity contribution in [2.24, 2.45) is 0 Å². The molecule has 1 amide bonds. The van der Waals surface area contributed by atoms with Crippen molar-refractivity contribution >= 4 is 35.0 Å². The van der Waals surface area contributed by atoms with Crippen LogP contribution in [-0.4, -0.2) is 25.9 Å². The molecule has 0 saturated carbocycles. The highest BCUT2D eigenvalue weighted by molar-refractivity contribution is 7.98. The Balaban J connectivity index is 2.04. The Morgan fingerprint density at radius 1 is 1.33 bits per heavy atom. The van der Waals surface area contributed by atoms with Gasteiger partial charge in [-0.2, -0.15) is 0 Å². The SMILES string of the molecule is CC(=O)NC(=S)Nn1c(C)nnc1SCc1ccccc1. The molecule has 6 nitrogen and oxygen atoms in total. The van der Waals surface area contributed by atoms with Crippen molar-refractivity contribution < 1.29 is 4.79 Å². The average Bonchev–Trinajstić information content (AvgIpc) is 2.78. The number of nitrogens with one attached hydrogen (secondary N) is 2. The zero-order chi connectivity index (χ0) is 15.2. The normalized spacial score (nSPS) is 10.2. The van der Waals surface area contributed by atoms with Gasteiger partial charge in [0.2, 0.25) is 11.1 Å². The van der Waals surface area contributed by atoms with Gasteiger partial charge in [-0.05, 0) is 24.7 Å². The summed E-state index contributed by atoms with van der Waals surface area (Å²) in [7, 11) is 0. The number of nitrogens with zero attached hydrogens (tertiary/aromatic N) is 3. The maximum atomic E-state index is 11.0. The molecule has 0 atom stereocenters. The minimum absolute atomic E-state index is 0.215. The lowest BCUT2D eigenvalue weighted by Crippen LogP contribution is -2.37. The largest absolute Gasteiger partial charge is 0.302 e. The summed E-state index contributed by atoms with van der Waals surface area (Å²) >= 11 is 6.58. The molecule has 1 aromatic heterocycles. The average molecular weight is 321 g/mol. The fourth-order valence-electron chi connectivity index (χ4n) is 1.58. The van der Waals surface area contributed by atoms with Crippen LogP contribution in [0.2, 0.25) is 0 Å². The van der Waals surface area contributed by atoms with E-state index in [4.69, 9.17) is 12.2 Å². The second kappa shape index (κ2) is 7.19. The fraction of sp³-hybridized carbons (Fsp3) is 0.231. The molecular formula is C13H15N5OS2. The summed E-state index contributed by atoms with van der Waals surface area (Å²) in [5.74, 6) is 1.21. The zero-order valence-corrected chi connectivity index (χ0v) is 13.3. The van der Waals surface area contributed by atoms with E-state index in [0.717, 1.165) is 5.75 Å². The Labute approximate surface area is 132 Å². The number of aromatic nitrogens is 3. The highest BCUT2D eigenvalue weighted by Gasteiger charge is 2.11. The highest BCUT2D eigenvalue weighted by Crippen LogP contribution is 2.20. The van der Waals surface area contributed by atoms with Gasteiger partial charge in [-0.25, -0.2) is 4.68 Å². The Morgan fingerprint density at radius 3 is 2.71 bits per heavy atom. The molecule has 0 aliphatic carbocycles. The summed E-state index contributed by atoms with van der Waals surface area (Å²) in [5, 5.41) is 11.5. The molecule has 0 aliphatic heterocycles. The number of thiocarbonyl (C=S) groups is 1. The first-order chi connectivity index (χ1) is 10.1. The fourth-order valence-corrected chi connectivity index (χ4v) is 2.71. The van der Waals surface area contributed by atoms with Crippen LogP contribution in [0.25, 0.3) is 0 Å². The van der Waals surface area contributed by atoms with Gasteiger partial charge in [0.25, 0.3) is 0 Å². The van der Waals surface area contributed by atoms with E-state index in [-0.39, 0.29) is 11.0 Å². The summed E-state index contributed by atoms with van der Waals surface area (Å²) in [5.41, 5.74) is 4.09. The van der Waals surface area contributed by atoms with Crippen molar-refractivity contribution in [2.45, 2.75) is 24.8 Å². The van der Waals surface area contributed by atoms with Crippen LogP contribution in [0, 0.1) is 6.92 Å². The van der Waals surface area contributed by atoms with Gasteiger partial charge in [0.05, 0.1) is 0 Å². The van der Waals surface area contributed by atoms with Crippen molar-refractivity contribution in [1.82, 2.24) is 20.2 Å². The molecule has 2 N–H and O–H groups in total. The maximum Gasteiger partial charge on any atom is 0.223 e. The van der Waals surface area contributed by atoms with Gasteiger partial charge in [-0.3, -0.25) is 10.2 Å². The number of thioether (sulfide) groups is 1. The van der Waals surface area contributed by atoms with Crippen LogP contribution in [-0.2, 0) is 10.5 Å². The van der Waals surface area contributed by atoms with Gasteiger partial charge in [0, 0.05) is 12.7 Å². The monoisotopic (exact) mass is 321 g/mol. The number of carbonyl (C=O) groups is 1. The summed E-state index contributed by atoms with van der Waals surface area (Å²) in [6.07, 6.45) is 0. The van der Waals surface area contributed by atoms with Crippen LogP contribution >= 0.6 is 24.0 Å². The Hall–Kier alpha value is -1.93. The van der Waals surface area contributed by atoms with Crippen molar-refractivity contribution in [2.75, 3.05) is 5.43 Å². The maximum absolute atomic E-state index is 11.0. The number of hydrogen-bond acceptors (Lipinski definition) is 5. The first kappa shape index (κ1) is 15.5. The number of aryl methyl sites for hydroxylation is 1. The predicted octanol–water partition coefficient (Wildman–Crippen LogP) is 1.84. The van der Waals surface area contributed by atoms with Gasteiger partial charge in [-0.1, -0.05) is 42.1 Å². The Bertz CT molecular complexity index is 641. The van der Waals surface area contributed by atoms with Crippen LogP contribution < -0.4 is 10.7 Å². The van der Waals surface area contributed by atoms with E-state index < -0.39 is 0 Å². The molecule has 0 saturated heterocycles. The molecule has 0 fully saturated rings. The molecule has 0 bridgehead atoms. The van der Waals surface area contributed by atoms with Gasteiger partial charge in [-0.15, -0.1) is 10.2 Å². The number of amides is 1. The number of carbonyl (C=O) groups excluding carboxylic acids is 1. The van der Waals surface area contributed by atoms with Crippen LogP contribution in [0.1, 0.15) is 18.3 Å². The first-order valence-corrected chi connectivity index (χ1v) is 7.63. The van der Waals surface area contributed by atoms with Crippen LogP contribution in [0.5, 0.6) is 0 Å². The molecule has 8 heteroatoms. The summed E-state index contributed by atoms with van der Waals surface area (Å²) < 4.78 is 1.66. The van der Waals surface area contributed by atoms with E-state index in [1.807, 2.05) is 25.1 Å². The molecule has 0 unspecified atom stereocenters. The Kier molecular flexibility index (Phi) is 5.29. The minimum atomic E-state index is -0.225. The third-order valence-electron chi connectivity index (χ3n) is 2.51. The summed E-state index contributed by atoms with van der Waals surface area (Å²) in [6, 6.07) is 10.1. The topological polar surface area (TPSA) is 71.8 Å². The second-order valence-corrected chi connectivity index (χ2v) is 5.61. The predicted molar refractivity (Wildman–Crippen MR) is 86.5 cm³/mol. The number of hydrogen-bond donors (Lipinski definition) is 2. The molecular weight excluding hydrogens is 306 g/mol. The number of benzene rings is 1.